The molecule has 0 fully saturated rings. The second kappa shape index (κ2) is 9.08. The number of aliphatic imine (C=N–C) groups is 1. The Labute approximate surface area is 170 Å². The Hall–Kier alpha value is -2.88. The summed E-state index contributed by atoms with van der Waals surface area (Å²) in [5, 5.41) is 0. The summed E-state index contributed by atoms with van der Waals surface area (Å²) in [5.74, 6) is 0. The normalized spacial score (nSPS) is 14.6. The Kier molecular flexibility index (Phi) is 6.53. The molecular weight excluding hydrogens is 371 g/mol. The number of benzene rings is 2. The first-order valence-electron chi connectivity index (χ1n) is 9.67. The molecule has 0 aliphatic heterocycles. The quantitative estimate of drug-likeness (QED) is 0.456. The van der Waals surface area contributed by atoms with Crippen LogP contribution in [0.2, 0.25) is 0 Å². The average Bonchev–Trinajstić information content (AvgIpc) is 2.72. The molecule has 0 saturated heterocycles. The first-order chi connectivity index (χ1) is 13.9. The van der Waals surface area contributed by atoms with Gasteiger partial charge in [-0.25, -0.2) is 0 Å². The summed E-state index contributed by atoms with van der Waals surface area (Å²) in [5.41, 5.74) is 4.26. The van der Waals surface area contributed by atoms with E-state index in [1.807, 2.05) is 24.3 Å². The van der Waals surface area contributed by atoms with Gasteiger partial charge in [-0.1, -0.05) is 54.6 Å². The van der Waals surface area contributed by atoms with Crippen LogP contribution in [0.3, 0.4) is 0 Å². The number of allylic oxidation sites excluding steroid dienone is 5. The predicted octanol–water partition coefficient (Wildman–Crippen LogP) is 7.29. The number of nitrogens with zero attached hydrogens (tertiary/aromatic N) is 1. The van der Waals surface area contributed by atoms with Crippen LogP contribution >= 0.6 is 0 Å². The van der Waals surface area contributed by atoms with Crippen LogP contribution in [0.25, 0.3) is 11.1 Å². The Bertz CT molecular complexity index is 961. The molecule has 0 N–H and O–H groups in total. The van der Waals surface area contributed by atoms with Crippen molar-refractivity contribution in [3.05, 3.63) is 94.7 Å². The Morgan fingerprint density at radius 1 is 1.07 bits per heavy atom. The first kappa shape index (κ1) is 20.8. The van der Waals surface area contributed by atoms with E-state index in [0.29, 0.717) is 29.5 Å². The largest absolute Gasteiger partial charge is 0.416 e. The molecule has 0 aromatic heterocycles. The highest BCUT2D eigenvalue weighted by molar-refractivity contribution is 5.74. The lowest BCUT2D eigenvalue weighted by Crippen LogP contribution is -2.10. The van der Waals surface area contributed by atoms with Crippen molar-refractivity contribution in [2.75, 3.05) is 0 Å². The highest BCUT2D eigenvalue weighted by Crippen LogP contribution is 2.34. The van der Waals surface area contributed by atoms with Gasteiger partial charge in [0.1, 0.15) is 0 Å². The number of halogens is 3. The maximum absolute atomic E-state index is 13.6. The summed E-state index contributed by atoms with van der Waals surface area (Å²) >= 11 is 0. The zero-order valence-electron chi connectivity index (χ0n) is 16.5. The third-order valence-corrected chi connectivity index (χ3v) is 5.12. The fourth-order valence-corrected chi connectivity index (χ4v) is 3.49. The topological polar surface area (TPSA) is 12.4 Å². The fourth-order valence-electron chi connectivity index (χ4n) is 3.49. The van der Waals surface area contributed by atoms with E-state index in [2.05, 4.69) is 29.9 Å². The van der Waals surface area contributed by atoms with Crippen LogP contribution in [-0.4, -0.2) is 6.72 Å². The van der Waals surface area contributed by atoms with Gasteiger partial charge in [0.25, 0.3) is 0 Å². The standard InChI is InChI=1S/C25H24F3N/c1-18(17-29-2)23-15-14-22(24(16-23)25(26,27)28)13-10-19-8-11-21(12-9-19)20-6-4-3-5-7-20/h4,6-9,11-12,14-17H,2-3,5,10,13H2,1H3/b18-17+. The maximum Gasteiger partial charge on any atom is 0.416 e. The van der Waals surface area contributed by atoms with Crippen LogP contribution in [0.4, 0.5) is 13.2 Å². The average molecular weight is 395 g/mol. The molecule has 0 atom stereocenters. The van der Waals surface area contributed by atoms with Crippen molar-refractivity contribution in [1.82, 2.24) is 0 Å². The number of aryl methyl sites for hydroxylation is 2. The molecule has 1 nitrogen and oxygen atoms in total. The summed E-state index contributed by atoms with van der Waals surface area (Å²) in [4.78, 5) is 3.64. The third kappa shape index (κ3) is 5.35. The van der Waals surface area contributed by atoms with E-state index in [9.17, 15) is 13.2 Å². The van der Waals surface area contributed by atoms with Crippen molar-refractivity contribution >= 4 is 17.9 Å². The van der Waals surface area contributed by atoms with E-state index in [-0.39, 0.29) is 0 Å². The molecule has 2 aromatic carbocycles. The Morgan fingerprint density at radius 2 is 1.83 bits per heavy atom. The van der Waals surface area contributed by atoms with Gasteiger partial charge in [-0.3, -0.25) is 4.99 Å². The van der Waals surface area contributed by atoms with E-state index < -0.39 is 11.7 Å². The second-order valence-electron chi connectivity index (χ2n) is 7.20. The lowest BCUT2D eigenvalue weighted by Gasteiger charge is -2.15. The lowest BCUT2D eigenvalue weighted by atomic mass is 9.94. The van der Waals surface area contributed by atoms with Crippen LogP contribution in [0.1, 0.15) is 47.6 Å². The van der Waals surface area contributed by atoms with Gasteiger partial charge in [-0.05, 0) is 78.8 Å². The molecule has 0 spiro atoms. The number of rotatable bonds is 6. The molecule has 0 bridgehead atoms. The second-order valence-corrected chi connectivity index (χ2v) is 7.20. The molecule has 1 aliphatic carbocycles. The summed E-state index contributed by atoms with van der Waals surface area (Å²) < 4.78 is 40.8. The van der Waals surface area contributed by atoms with Gasteiger partial charge in [-0.15, -0.1) is 0 Å². The highest BCUT2D eigenvalue weighted by Gasteiger charge is 2.33. The minimum absolute atomic E-state index is 0.308. The predicted molar refractivity (Wildman–Crippen MR) is 115 cm³/mol. The first-order valence-corrected chi connectivity index (χ1v) is 9.67. The number of hydrogen-bond acceptors (Lipinski definition) is 1. The van der Waals surface area contributed by atoms with E-state index >= 15 is 0 Å². The van der Waals surface area contributed by atoms with Crippen molar-refractivity contribution in [2.45, 2.75) is 38.8 Å². The van der Waals surface area contributed by atoms with Crippen molar-refractivity contribution in [2.24, 2.45) is 4.99 Å². The lowest BCUT2D eigenvalue weighted by molar-refractivity contribution is -0.138. The summed E-state index contributed by atoms with van der Waals surface area (Å²) in [6.45, 7) is 5.08. The van der Waals surface area contributed by atoms with Gasteiger partial charge >= 0.3 is 6.18 Å². The van der Waals surface area contributed by atoms with Gasteiger partial charge < -0.3 is 0 Å². The summed E-state index contributed by atoms with van der Waals surface area (Å²) in [6, 6.07) is 12.6. The van der Waals surface area contributed by atoms with Gasteiger partial charge in [0.2, 0.25) is 0 Å². The molecule has 0 heterocycles. The fraction of sp³-hybridized carbons (Fsp3) is 0.240. The van der Waals surface area contributed by atoms with E-state index in [4.69, 9.17) is 0 Å². The smallest absolute Gasteiger partial charge is 0.272 e. The monoisotopic (exact) mass is 395 g/mol. The number of hydrogen-bond donors (Lipinski definition) is 0. The highest BCUT2D eigenvalue weighted by atomic mass is 19.4. The van der Waals surface area contributed by atoms with Crippen molar-refractivity contribution in [1.29, 1.82) is 0 Å². The Balaban J connectivity index is 1.77. The van der Waals surface area contributed by atoms with Crippen LogP contribution in [-0.2, 0) is 19.0 Å². The summed E-state index contributed by atoms with van der Waals surface area (Å²) in [7, 11) is 0. The van der Waals surface area contributed by atoms with Crippen LogP contribution in [0.15, 0.2) is 71.9 Å². The van der Waals surface area contributed by atoms with E-state index in [1.54, 1.807) is 19.1 Å². The molecule has 1 aliphatic rings. The van der Waals surface area contributed by atoms with Gasteiger partial charge in [0, 0.05) is 6.20 Å². The van der Waals surface area contributed by atoms with Gasteiger partial charge in [-0.2, -0.15) is 13.2 Å². The SMILES string of the molecule is C=N/C=C(\C)c1ccc(CCc2ccc(C3=CCCC=C3)cc2)c(C(F)(F)F)c1. The molecule has 4 heteroatoms. The molecule has 2 aromatic rings. The van der Waals surface area contributed by atoms with Crippen LogP contribution in [0, 0.1) is 0 Å². The maximum atomic E-state index is 13.6. The van der Waals surface area contributed by atoms with E-state index in [1.165, 1.54) is 17.8 Å². The molecular formula is C25H24F3N. The van der Waals surface area contributed by atoms with Crippen molar-refractivity contribution in [3.63, 3.8) is 0 Å². The van der Waals surface area contributed by atoms with Crippen molar-refractivity contribution in [3.8, 4) is 0 Å². The van der Waals surface area contributed by atoms with Crippen LogP contribution < -0.4 is 0 Å². The molecule has 0 amide bonds. The molecule has 150 valence electrons. The van der Waals surface area contributed by atoms with Gasteiger partial charge in [0.05, 0.1) is 5.56 Å². The molecule has 29 heavy (non-hydrogen) atoms. The van der Waals surface area contributed by atoms with E-state index in [0.717, 1.165) is 24.0 Å². The zero-order chi connectivity index (χ0) is 20.9. The minimum Gasteiger partial charge on any atom is -0.272 e. The third-order valence-electron chi connectivity index (χ3n) is 5.12. The van der Waals surface area contributed by atoms with Crippen LogP contribution in [0.5, 0.6) is 0 Å². The molecule has 0 unspecified atom stereocenters. The molecule has 3 rings (SSSR count). The van der Waals surface area contributed by atoms with Crippen molar-refractivity contribution < 1.29 is 13.2 Å². The minimum atomic E-state index is -4.39. The summed E-state index contributed by atoms with van der Waals surface area (Å²) in [6.07, 6.45) is 6.57. The molecule has 0 saturated carbocycles. The van der Waals surface area contributed by atoms with Gasteiger partial charge in [0.15, 0.2) is 0 Å². The Morgan fingerprint density at radius 3 is 2.45 bits per heavy atom. The zero-order valence-corrected chi connectivity index (χ0v) is 16.5. The molecule has 0 radical (unpaired) electrons. The number of alkyl halides is 3.